The number of carboxylic acids is 1. The summed E-state index contributed by atoms with van der Waals surface area (Å²) in [7, 11) is 1.47. The predicted molar refractivity (Wildman–Crippen MR) is 77.6 cm³/mol. The molecule has 1 aromatic carbocycles. The summed E-state index contributed by atoms with van der Waals surface area (Å²) < 4.78 is 15.2. The van der Waals surface area contributed by atoms with Crippen LogP contribution in [0.15, 0.2) is 24.3 Å². The van der Waals surface area contributed by atoms with Gasteiger partial charge in [-0.05, 0) is 17.7 Å². The average Bonchev–Trinajstić information content (AvgIpc) is 2.52. The van der Waals surface area contributed by atoms with Crippen molar-refractivity contribution in [3.05, 3.63) is 29.8 Å². The van der Waals surface area contributed by atoms with Crippen LogP contribution in [0.2, 0.25) is 0 Å². The quantitative estimate of drug-likeness (QED) is 0.761. The Kier molecular flexibility index (Phi) is 5.98. The third-order valence-corrected chi connectivity index (χ3v) is 3.40. The lowest BCUT2D eigenvalue weighted by atomic mass is 10.1. The minimum absolute atomic E-state index is 0.0250. The zero-order chi connectivity index (χ0) is 15.1. The number of anilines is 1. The second-order valence-electron chi connectivity index (χ2n) is 4.87. The van der Waals surface area contributed by atoms with Crippen molar-refractivity contribution in [1.29, 1.82) is 0 Å². The Morgan fingerprint density at radius 1 is 1.33 bits per heavy atom. The summed E-state index contributed by atoms with van der Waals surface area (Å²) in [6, 6.07) is 7.90. The number of rotatable bonds is 7. The highest BCUT2D eigenvalue weighted by Crippen LogP contribution is 2.18. The number of hydrogen-bond acceptors (Lipinski definition) is 5. The van der Waals surface area contributed by atoms with Gasteiger partial charge in [-0.3, -0.25) is 0 Å². The fraction of sp³-hybridized carbons (Fsp3) is 0.533. The zero-order valence-corrected chi connectivity index (χ0v) is 12.2. The number of ether oxygens (including phenoxy) is 3. The van der Waals surface area contributed by atoms with Gasteiger partial charge in [0, 0.05) is 32.3 Å². The summed E-state index contributed by atoms with van der Waals surface area (Å²) in [5.74, 6) is -0.982. The Bertz CT molecular complexity index is 442. The van der Waals surface area contributed by atoms with Gasteiger partial charge in [0.05, 0.1) is 13.2 Å². The smallest absolute Gasteiger partial charge is 0.333 e. The number of methoxy groups -OCH3 is 1. The largest absolute Gasteiger partial charge is 0.479 e. The second-order valence-corrected chi connectivity index (χ2v) is 4.87. The molecule has 0 aromatic heterocycles. The molecule has 116 valence electrons. The highest BCUT2D eigenvalue weighted by molar-refractivity contribution is 5.72. The number of morpholine rings is 1. The summed E-state index contributed by atoms with van der Waals surface area (Å²) in [5.41, 5.74) is 2.06. The number of carboxylic acid groups (broad SMARTS) is 1. The Morgan fingerprint density at radius 3 is 2.57 bits per heavy atom. The van der Waals surface area contributed by atoms with Gasteiger partial charge in [-0.2, -0.15) is 0 Å². The summed E-state index contributed by atoms with van der Waals surface area (Å²) in [6.45, 7) is 3.23. The van der Waals surface area contributed by atoms with E-state index in [0.717, 1.165) is 37.6 Å². The van der Waals surface area contributed by atoms with E-state index in [1.165, 1.54) is 7.11 Å². The third kappa shape index (κ3) is 4.70. The molecule has 1 aliphatic heterocycles. The molecule has 21 heavy (non-hydrogen) atoms. The van der Waals surface area contributed by atoms with E-state index < -0.39 is 12.1 Å². The predicted octanol–water partition coefficient (Wildman–Crippen LogP) is 1.14. The molecule has 0 aliphatic carbocycles. The maximum Gasteiger partial charge on any atom is 0.333 e. The van der Waals surface area contributed by atoms with E-state index in [-0.39, 0.29) is 6.79 Å². The van der Waals surface area contributed by atoms with E-state index in [1.807, 2.05) is 24.3 Å². The van der Waals surface area contributed by atoms with Crippen molar-refractivity contribution in [2.45, 2.75) is 12.5 Å². The molecule has 1 atom stereocenters. The fourth-order valence-corrected chi connectivity index (χ4v) is 2.25. The number of carbonyl (C=O) groups is 1. The van der Waals surface area contributed by atoms with E-state index in [9.17, 15) is 4.79 Å². The van der Waals surface area contributed by atoms with Crippen LogP contribution < -0.4 is 4.90 Å². The lowest BCUT2D eigenvalue weighted by Gasteiger charge is -2.29. The van der Waals surface area contributed by atoms with Crippen LogP contribution in [0.4, 0.5) is 5.69 Å². The van der Waals surface area contributed by atoms with Crippen molar-refractivity contribution in [1.82, 2.24) is 0 Å². The molecule has 6 nitrogen and oxygen atoms in total. The molecular formula is C15H21NO5. The minimum atomic E-state index is -0.982. The lowest BCUT2D eigenvalue weighted by Crippen LogP contribution is -2.36. The molecule has 0 bridgehead atoms. The maximum absolute atomic E-state index is 11.1. The molecular weight excluding hydrogens is 274 g/mol. The first-order valence-electron chi connectivity index (χ1n) is 6.95. The Balaban J connectivity index is 1.95. The van der Waals surface area contributed by atoms with E-state index >= 15 is 0 Å². The van der Waals surface area contributed by atoms with E-state index in [4.69, 9.17) is 19.3 Å². The Hall–Kier alpha value is -1.63. The molecule has 0 amide bonds. The first-order valence-corrected chi connectivity index (χ1v) is 6.95. The number of hydrogen-bond donors (Lipinski definition) is 1. The van der Waals surface area contributed by atoms with Crippen LogP contribution in [-0.4, -0.2) is 57.4 Å². The van der Waals surface area contributed by atoms with Gasteiger partial charge >= 0.3 is 5.97 Å². The minimum Gasteiger partial charge on any atom is -0.479 e. The Morgan fingerprint density at radius 2 is 2.00 bits per heavy atom. The molecule has 1 N–H and O–H groups in total. The first kappa shape index (κ1) is 15.8. The van der Waals surface area contributed by atoms with Crippen LogP contribution in [0.1, 0.15) is 5.56 Å². The third-order valence-electron chi connectivity index (χ3n) is 3.40. The standard InChI is InChI=1S/C15H21NO5/c1-19-11-21-14(15(17)18)10-12-2-4-13(5-3-12)16-6-8-20-9-7-16/h2-5,14H,6-11H2,1H3,(H,17,18). The maximum atomic E-state index is 11.1. The van der Waals surface area contributed by atoms with Crippen molar-refractivity contribution in [3.8, 4) is 0 Å². The molecule has 1 heterocycles. The first-order chi connectivity index (χ1) is 10.2. The van der Waals surface area contributed by atoms with E-state index in [0.29, 0.717) is 6.42 Å². The van der Waals surface area contributed by atoms with Crippen molar-refractivity contribution < 1.29 is 24.1 Å². The monoisotopic (exact) mass is 295 g/mol. The van der Waals surface area contributed by atoms with Crippen LogP contribution in [0, 0.1) is 0 Å². The van der Waals surface area contributed by atoms with Gasteiger partial charge in [0.1, 0.15) is 6.79 Å². The number of nitrogens with zero attached hydrogens (tertiary/aromatic N) is 1. The number of aliphatic carboxylic acids is 1. The molecule has 0 saturated carbocycles. The molecule has 1 aliphatic rings. The van der Waals surface area contributed by atoms with Gasteiger partial charge in [-0.25, -0.2) is 4.79 Å². The van der Waals surface area contributed by atoms with Gasteiger partial charge in [-0.15, -0.1) is 0 Å². The molecule has 0 radical (unpaired) electrons. The van der Waals surface area contributed by atoms with Crippen LogP contribution in [0.5, 0.6) is 0 Å². The molecule has 1 unspecified atom stereocenters. The molecule has 1 saturated heterocycles. The molecule has 1 aromatic rings. The SMILES string of the molecule is COCOC(Cc1ccc(N2CCOCC2)cc1)C(=O)O. The van der Waals surface area contributed by atoms with Crippen molar-refractivity contribution in [2.24, 2.45) is 0 Å². The summed E-state index contributed by atoms with van der Waals surface area (Å²) in [5, 5.41) is 9.12. The highest BCUT2D eigenvalue weighted by atomic mass is 16.7. The van der Waals surface area contributed by atoms with Crippen LogP contribution in [0.3, 0.4) is 0 Å². The molecule has 2 rings (SSSR count). The second kappa shape index (κ2) is 7.97. The van der Waals surface area contributed by atoms with Crippen molar-refractivity contribution in [3.63, 3.8) is 0 Å². The zero-order valence-electron chi connectivity index (χ0n) is 12.2. The summed E-state index contributed by atoms with van der Waals surface area (Å²) >= 11 is 0. The highest BCUT2D eigenvalue weighted by Gasteiger charge is 2.19. The van der Waals surface area contributed by atoms with Crippen LogP contribution >= 0.6 is 0 Å². The normalized spacial score (nSPS) is 16.7. The lowest BCUT2D eigenvalue weighted by molar-refractivity contribution is -0.158. The molecule has 0 spiro atoms. The van der Waals surface area contributed by atoms with E-state index in [1.54, 1.807) is 0 Å². The van der Waals surface area contributed by atoms with Gasteiger partial charge in [0.15, 0.2) is 6.10 Å². The number of benzene rings is 1. The van der Waals surface area contributed by atoms with Gasteiger partial charge < -0.3 is 24.2 Å². The fourth-order valence-electron chi connectivity index (χ4n) is 2.25. The molecule has 1 fully saturated rings. The van der Waals surface area contributed by atoms with Crippen LogP contribution in [0.25, 0.3) is 0 Å². The topological polar surface area (TPSA) is 68.2 Å². The summed E-state index contributed by atoms with van der Waals surface area (Å²) in [4.78, 5) is 13.4. The van der Waals surface area contributed by atoms with Crippen LogP contribution in [-0.2, 0) is 25.4 Å². The van der Waals surface area contributed by atoms with Crippen molar-refractivity contribution >= 4 is 11.7 Å². The van der Waals surface area contributed by atoms with Gasteiger partial charge in [0.25, 0.3) is 0 Å². The average molecular weight is 295 g/mol. The van der Waals surface area contributed by atoms with Gasteiger partial charge in [0.2, 0.25) is 0 Å². The Labute approximate surface area is 124 Å². The molecule has 6 heteroatoms. The van der Waals surface area contributed by atoms with Gasteiger partial charge in [-0.1, -0.05) is 12.1 Å². The van der Waals surface area contributed by atoms with Crippen molar-refractivity contribution in [2.75, 3.05) is 45.1 Å². The summed E-state index contributed by atoms with van der Waals surface area (Å²) in [6.07, 6.45) is -0.568. The van der Waals surface area contributed by atoms with E-state index in [2.05, 4.69) is 4.90 Å².